The van der Waals surface area contributed by atoms with E-state index in [1.807, 2.05) is 6.92 Å². The van der Waals surface area contributed by atoms with Crippen molar-refractivity contribution in [3.8, 4) is 11.5 Å². The maximum absolute atomic E-state index is 13.5. The maximum Gasteiger partial charge on any atom is 0.266 e. The number of aryl methyl sites for hydroxylation is 1. The molecule has 1 aliphatic rings. The first kappa shape index (κ1) is 20.2. The fourth-order valence-electron chi connectivity index (χ4n) is 2.96. The van der Waals surface area contributed by atoms with Gasteiger partial charge in [0.15, 0.2) is 5.75 Å². The highest BCUT2D eigenvalue weighted by atomic mass is 35.5. The summed E-state index contributed by atoms with van der Waals surface area (Å²) < 4.78 is 47.2. The monoisotopic (exact) mass is 445 g/mol. The number of fused-ring (bicyclic) bond motifs is 1. The third-order valence-corrected chi connectivity index (χ3v) is 6.22. The first-order valence-electron chi connectivity index (χ1n) is 8.98. The van der Waals surface area contributed by atoms with Gasteiger partial charge in [-0.15, -0.1) is 0 Å². The van der Waals surface area contributed by atoms with Crippen LogP contribution in [0.2, 0.25) is 5.02 Å². The van der Waals surface area contributed by atoms with E-state index in [0.717, 1.165) is 5.56 Å². The van der Waals surface area contributed by atoms with E-state index in [1.54, 1.807) is 42.5 Å². The van der Waals surface area contributed by atoms with Gasteiger partial charge in [-0.25, -0.2) is 22.5 Å². The molecule has 0 bridgehead atoms. The lowest BCUT2D eigenvalue weighted by Crippen LogP contribution is -2.40. The molecule has 9 heteroatoms. The van der Waals surface area contributed by atoms with Gasteiger partial charge in [0.05, 0.1) is 11.6 Å². The fraction of sp³-hybridized carbons (Fsp3) is 0.0952. The van der Waals surface area contributed by atoms with Crippen LogP contribution >= 0.6 is 11.6 Å². The number of benzene rings is 3. The summed E-state index contributed by atoms with van der Waals surface area (Å²) in [5.74, 6) is 0.301. The number of rotatable bonds is 4. The number of aliphatic imine (C=N–C) groups is 1. The highest BCUT2D eigenvalue weighted by Crippen LogP contribution is 2.38. The molecule has 0 aliphatic carbocycles. The second-order valence-electron chi connectivity index (χ2n) is 6.63. The Labute approximate surface area is 178 Å². The molecule has 0 atom stereocenters. The van der Waals surface area contributed by atoms with Crippen LogP contribution < -0.4 is 14.8 Å². The lowest BCUT2D eigenvalue weighted by Gasteiger charge is -2.24. The van der Waals surface area contributed by atoms with Crippen molar-refractivity contribution in [2.24, 2.45) is 4.99 Å². The second-order valence-corrected chi connectivity index (χ2v) is 8.69. The van der Waals surface area contributed by atoms with Crippen molar-refractivity contribution in [2.75, 3.05) is 5.32 Å². The van der Waals surface area contributed by atoms with Crippen LogP contribution in [-0.2, 0) is 16.6 Å². The van der Waals surface area contributed by atoms with Crippen molar-refractivity contribution in [2.45, 2.75) is 18.4 Å². The number of nitrogens with zero attached hydrogens (tertiary/aromatic N) is 1. The Hall–Kier alpha value is -3.10. The Kier molecular flexibility index (Phi) is 5.36. The summed E-state index contributed by atoms with van der Waals surface area (Å²) >= 11 is 6.16. The minimum Gasteiger partial charge on any atom is -0.454 e. The topological polar surface area (TPSA) is 79.8 Å². The van der Waals surface area contributed by atoms with Gasteiger partial charge in [0.1, 0.15) is 22.1 Å². The van der Waals surface area contributed by atoms with E-state index in [2.05, 4.69) is 15.0 Å². The zero-order chi connectivity index (χ0) is 21.3. The summed E-state index contributed by atoms with van der Waals surface area (Å²) in [5.41, 5.74) is 1.74. The Bertz CT molecular complexity index is 1260. The molecule has 0 fully saturated rings. The summed E-state index contributed by atoms with van der Waals surface area (Å²) in [7, 11) is -3.87. The molecule has 0 aromatic heterocycles. The average molecular weight is 446 g/mol. The molecular formula is C21H17ClFN3O3S. The van der Waals surface area contributed by atoms with Crippen LogP contribution in [0.1, 0.15) is 11.1 Å². The number of ether oxygens (including phenoxy) is 1. The molecule has 0 amide bonds. The van der Waals surface area contributed by atoms with E-state index in [4.69, 9.17) is 16.3 Å². The van der Waals surface area contributed by atoms with Crippen LogP contribution in [0.5, 0.6) is 11.5 Å². The van der Waals surface area contributed by atoms with Gasteiger partial charge in [-0.05, 0) is 54.4 Å². The molecule has 0 unspecified atom stereocenters. The average Bonchev–Trinajstić information content (AvgIpc) is 2.70. The van der Waals surface area contributed by atoms with Crippen molar-refractivity contribution >= 4 is 33.3 Å². The van der Waals surface area contributed by atoms with Gasteiger partial charge >= 0.3 is 0 Å². The molecule has 1 aliphatic heterocycles. The SMILES string of the molecule is Cc1ccc(F)cc1CN=C1Nc2c(Oc3ccccc3Cl)cccc2S(=O)(=O)N1. The normalized spacial score (nSPS) is 15.8. The van der Waals surface area contributed by atoms with E-state index in [-0.39, 0.29) is 34.7 Å². The van der Waals surface area contributed by atoms with Gasteiger partial charge in [-0.3, -0.25) is 0 Å². The predicted octanol–water partition coefficient (Wildman–Crippen LogP) is 4.84. The zero-order valence-corrected chi connectivity index (χ0v) is 17.4. The quantitative estimate of drug-likeness (QED) is 0.602. The first-order valence-corrected chi connectivity index (χ1v) is 10.8. The van der Waals surface area contributed by atoms with Crippen LogP contribution in [-0.4, -0.2) is 14.4 Å². The molecule has 0 radical (unpaired) electrons. The second kappa shape index (κ2) is 7.97. The van der Waals surface area contributed by atoms with Crippen LogP contribution in [0.4, 0.5) is 10.1 Å². The molecule has 6 nitrogen and oxygen atoms in total. The Morgan fingerprint density at radius 1 is 1.07 bits per heavy atom. The summed E-state index contributed by atoms with van der Waals surface area (Å²) in [4.78, 5) is 4.30. The molecule has 3 aromatic rings. The van der Waals surface area contributed by atoms with Crippen molar-refractivity contribution in [3.63, 3.8) is 0 Å². The standard InChI is InChI=1S/C21H17ClFN3O3S/c1-13-9-10-15(23)11-14(13)12-24-21-25-20-18(29-17-6-3-2-5-16(17)22)7-4-8-19(20)30(27,28)26-21/h2-11H,12H2,1H3,(H2,24,25,26). The van der Waals surface area contributed by atoms with Crippen LogP contribution in [0, 0.1) is 12.7 Å². The fourth-order valence-corrected chi connectivity index (χ4v) is 4.29. The van der Waals surface area contributed by atoms with Gasteiger partial charge in [-0.2, -0.15) is 0 Å². The van der Waals surface area contributed by atoms with Gasteiger partial charge in [0.2, 0.25) is 5.96 Å². The number of guanidine groups is 1. The number of para-hydroxylation sites is 2. The van der Waals surface area contributed by atoms with Gasteiger partial charge in [-0.1, -0.05) is 35.9 Å². The van der Waals surface area contributed by atoms with E-state index in [0.29, 0.717) is 16.3 Å². The molecule has 2 N–H and O–H groups in total. The number of hydrogen-bond acceptors (Lipinski definition) is 4. The van der Waals surface area contributed by atoms with Crippen molar-refractivity contribution in [1.82, 2.24) is 4.72 Å². The molecule has 3 aromatic carbocycles. The van der Waals surface area contributed by atoms with Crippen LogP contribution in [0.3, 0.4) is 0 Å². The summed E-state index contributed by atoms with van der Waals surface area (Å²) in [6.45, 7) is 1.93. The third-order valence-electron chi connectivity index (χ3n) is 4.53. The number of hydrogen-bond donors (Lipinski definition) is 2. The summed E-state index contributed by atoms with van der Waals surface area (Å²) in [6, 6.07) is 15.9. The minimum absolute atomic E-state index is 0.0152. The summed E-state index contributed by atoms with van der Waals surface area (Å²) in [6.07, 6.45) is 0. The Morgan fingerprint density at radius 3 is 2.63 bits per heavy atom. The minimum atomic E-state index is -3.87. The van der Waals surface area contributed by atoms with Gasteiger partial charge < -0.3 is 10.1 Å². The maximum atomic E-state index is 13.5. The molecule has 30 heavy (non-hydrogen) atoms. The predicted molar refractivity (Wildman–Crippen MR) is 114 cm³/mol. The van der Waals surface area contributed by atoms with E-state index < -0.39 is 10.0 Å². The van der Waals surface area contributed by atoms with Crippen molar-refractivity contribution in [3.05, 3.63) is 82.6 Å². The van der Waals surface area contributed by atoms with E-state index in [1.165, 1.54) is 18.2 Å². The van der Waals surface area contributed by atoms with Crippen molar-refractivity contribution < 1.29 is 17.5 Å². The molecule has 1 heterocycles. The van der Waals surface area contributed by atoms with Crippen LogP contribution in [0.15, 0.2) is 70.6 Å². The number of sulfonamides is 1. The molecule has 0 saturated carbocycles. The lowest BCUT2D eigenvalue weighted by molar-refractivity contribution is 0.483. The molecule has 4 rings (SSSR count). The highest BCUT2D eigenvalue weighted by Gasteiger charge is 2.29. The highest BCUT2D eigenvalue weighted by molar-refractivity contribution is 7.90. The smallest absolute Gasteiger partial charge is 0.266 e. The Morgan fingerprint density at radius 2 is 1.83 bits per heavy atom. The lowest BCUT2D eigenvalue weighted by atomic mass is 10.1. The molecule has 0 spiro atoms. The zero-order valence-electron chi connectivity index (χ0n) is 15.8. The third kappa shape index (κ3) is 4.10. The largest absolute Gasteiger partial charge is 0.454 e. The molecule has 154 valence electrons. The van der Waals surface area contributed by atoms with Gasteiger partial charge in [0.25, 0.3) is 10.0 Å². The first-order chi connectivity index (χ1) is 14.3. The number of anilines is 1. The number of nitrogens with one attached hydrogen (secondary N) is 2. The van der Waals surface area contributed by atoms with E-state index in [9.17, 15) is 12.8 Å². The summed E-state index contributed by atoms with van der Waals surface area (Å²) in [5, 5.41) is 3.35. The van der Waals surface area contributed by atoms with E-state index >= 15 is 0 Å². The van der Waals surface area contributed by atoms with Gasteiger partial charge in [0, 0.05) is 0 Å². The van der Waals surface area contributed by atoms with Crippen molar-refractivity contribution in [1.29, 1.82) is 0 Å². The Balaban J connectivity index is 1.69. The number of halogens is 2. The van der Waals surface area contributed by atoms with Crippen LogP contribution in [0.25, 0.3) is 0 Å². The molecule has 0 saturated heterocycles. The molecular weight excluding hydrogens is 429 g/mol.